The zero-order chi connectivity index (χ0) is 37.7. The summed E-state index contributed by atoms with van der Waals surface area (Å²) in [5, 5.41) is 36.4. The second-order valence-corrected chi connectivity index (χ2v) is 11.7. The standard InChI is InChI=1S/C20H22N8O6S2.2C2HF3O2/c1-9-24-27-3-4-34-6-12(27)26(9)5-10-7-35-18-14(17(30)28(18)15(10)19(31)32)23-16(29)13(25-33-2)11-8-36-20(21)22-11;2*3-2(4,5)1(6)7/h8,14,18H,3-7H2,1-2H3,(H3-,21,22,23,29,31,32);2*(H,6,7)/p+1/b25-13-;;/t14-,18-;;/m1../s1. The van der Waals surface area contributed by atoms with Gasteiger partial charge in [0.1, 0.15) is 43.1 Å². The average Bonchev–Trinajstić information content (AvgIpc) is 3.59. The number of aromatic nitrogens is 4. The van der Waals surface area contributed by atoms with E-state index >= 15 is 0 Å². The Morgan fingerprint density at radius 2 is 1.76 bits per heavy atom. The van der Waals surface area contributed by atoms with Crippen molar-refractivity contribution >= 4 is 63.7 Å². The minimum atomic E-state index is -5.08. The number of fused-ring (bicyclic) bond motifs is 2. The molecule has 1 fully saturated rings. The first-order chi connectivity index (χ1) is 23.2. The number of carbonyl (C=O) groups is 5. The van der Waals surface area contributed by atoms with Crippen LogP contribution in [0, 0.1) is 6.92 Å². The quantitative estimate of drug-likeness (QED) is 0.0825. The summed E-state index contributed by atoms with van der Waals surface area (Å²) in [6, 6.07) is -0.928. The maximum Gasteiger partial charge on any atom is 0.490 e. The number of hydrogen-bond acceptors (Lipinski definition) is 13. The zero-order valence-corrected chi connectivity index (χ0v) is 26.9. The molecule has 0 unspecified atom stereocenters. The van der Waals surface area contributed by atoms with E-state index in [1.165, 1.54) is 23.8 Å². The fraction of sp³-hybridized carbons (Fsp3) is 0.458. The number of alkyl halides is 6. The van der Waals surface area contributed by atoms with Crippen molar-refractivity contribution in [2.45, 2.75) is 50.4 Å². The number of nitrogens with two attached hydrogens (primary N) is 1. The molecule has 0 aliphatic carbocycles. The summed E-state index contributed by atoms with van der Waals surface area (Å²) in [7, 11) is 1.28. The van der Waals surface area contributed by atoms with Crippen molar-refractivity contribution in [3.63, 3.8) is 0 Å². The molecular weight excluding hydrogens is 738 g/mol. The van der Waals surface area contributed by atoms with Crippen molar-refractivity contribution < 1.29 is 79.8 Å². The highest BCUT2D eigenvalue weighted by atomic mass is 32.2. The largest absolute Gasteiger partial charge is 0.490 e. The van der Waals surface area contributed by atoms with Crippen LogP contribution in [0.1, 0.15) is 17.3 Å². The van der Waals surface area contributed by atoms with Crippen molar-refractivity contribution in [3.8, 4) is 0 Å². The van der Waals surface area contributed by atoms with Crippen LogP contribution in [-0.2, 0) is 53.2 Å². The van der Waals surface area contributed by atoms with Crippen molar-refractivity contribution in [1.29, 1.82) is 0 Å². The summed E-state index contributed by atoms with van der Waals surface area (Å²) in [6.07, 6.45) is -10.2. The normalized spacial score (nSPS) is 18.7. The summed E-state index contributed by atoms with van der Waals surface area (Å²) < 4.78 is 72.8. The molecule has 2 amide bonds. The van der Waals surface area contributed by atoms with Gasteiger partial charge >= 0.3 is 30.3 Å². The molecule has 50 heavy (non-hydrogen) atoms. The fourth-order valence-corrected chi connectivity index (χ4v) is 6.24. The number of amides is 2. The lowest BCUT2D eigenvalue weighted by atomic mass is 10.0. The summed E-state index contributed by atoms with van der Waals surface area (Å²) in [4.78, 5) is 66.0. The van der Waals surface area contributed by atoms with E-state index in [4.69, 9.17) is 35.1 Å². The van der Waals surface area contributed by atoms with Gasteiger partial charge in [-0.2, -0.15) is 26.3 Å². The molecule has 0 saturated carbocycles. The molecule has 3 aliphatic rings. The lowest BCUT2D eigenvalue weighted by Gasteiger charge is -2.49. The van der Waals surface area contributed by atoms with Gasteiger partial charge in [-0.25, -0.2) is 23.9 Å². The van der Waals surface area contributed by atoms with E-state index in [1.807, 2.05) is 16.2 Å². The number of hydrogen-bond donors (Lipinski definition) is 5. The molecule has 2 aromatic heterocycles. The Morgan fingerprint density at radius 1 is 1.16 bits per heavy atom. The number of anilines is 1. The topological polar surface area (TPSA) is 253 Å². The maximum absolute atomic E-state index is 13.1. The van der Waals surface area contributed by atoms with Gasteiger partial charge in [0.05, 0.1) is 13.2 Å². The van der Waals surface area contributed by atoms with Gasteiger partial charge in [0, 0.05) is 28.7 Å². The second-order valence-electron chi connectivity index (χ2n) is 9.74. The van der Waals surface area contributed by atoms with Crippen molar-refractivity contribution in [2.24, 2.45) is 5.16 Å². The van der Waals surface area contributed by atoms with Gasteiger partial charge in [0.25, 0.3) is 23.5 Å². The SMILES string of the molecule is CO/N=C(\C(=O)N[C@@H]1C(=O)N2C(C(=O)O)=C(C[n+]3c(C)nn4c3COCC4)CS[C@H]12)c1csc(N)n1.O=C(O)C(F)(F)F.O=C(O)C(F)(F)F. The number of nitrogens with one attached hydrogen (secondary N) is 1. The number of oxime groups is 1. The highest BCUT2D eigenvalue weighted by molar-refractivity contribution is 8.00. The molecule has 1 saturated heterocycles. The molecule has 274 valence electrons. The number of thioether (sulfide) groups is 1. The third-order valence-electron chi connectivity index (χ3n) is 6.48. The molecule has 26 heteroatoms. The molecule has 0 aromatic carbocycles. The number of halogens is 6. The van der Waals surface area contributed by atoms with Gasteiger partial charge < -0.3 is 35.9 Å². The predicted octanol–water partition coefficient (Wildman–Crippen LogP) is 0.104. The molecular formula is C24H25F6N8O10S2+. The Bertz CT molecular complexity index is 1700. The molecule has 0 radical (unpaired) electrons. The van der Waals surface area contributed by atoms with Crippen LogP contribution in [-0.4, -0.2) is 114 Å². The number of thiazole rings is 1. The Kier molecular flexibility index (Phi) is 12.4. The van der Waals surface area contributed by atoms with Crippen molar-refractivity contribution in [3.05, 3.63) is 34.0 Å². The number of aliphatic carboxylic acids is 3. The van der Waals surface area contributed by atoms with E-state index in [9.17, 15) is 45.8 Å². The number of ether oxygens (including phenoxy) is 1. The van der Waals surface area contributed by atoms with Gasteiger partial charge in [-0.05, 0) is 0 Å². The maximum atomic E-state index is 13.1. The van der Waals surface area contributed by atoms with E-state index in [0.717, 1.165) is 23.0 Å². The van der Waals surface area contributed by atoms with Crippen LogP contribution < -0.4 is 15.6 Å². The third-order valence-corrected chi connectivity index (χ3v) is 8.49. The molecule has 2 atom stereocenters. The number of aryl methyl sites for hydroxylation is 1. The lowest BCUT2D eigenvalue weighted by Crippen LogP contribution is -2.71. The van der Waals surface area contributed by atoms with E-state index in [0.29, 0.717) is 31.1 Å². The van der Waals surface area contributed by atoms with Gasteiger partial charge in [0.15, 0.2) is 10.8 Å². The number of nitrogens with zero attached hydrogens (tertiary/aromatic N) is 6. The molecule has 0 bridgehead atoms. The van der Waals surface area contributed by atoms with Crippen LogP contribution in [0.2, 0.25) is 0 Å². The number of carbonyl (C=O) groups excluding carboxylic acids is 2. The van der Waals surface area contributed by atoms with Gasteiger partial charge in [-0.15, -0.1) is 27.8 Å². The average molecular weight is 764 g/mol. The first-order valence-corrected chi connectivity index (χ1v) is 15.3. The molecule has 6 N–H and O–H groups in total. The van der Waals surface area contributed by atoms with E-state index in [2.05, 4.69) is 20.6 Å². The molecule has 5 rings (SSSR count). The minimum Gasteiger partial charge on any atom is -0.477 e. The van der Waals surface area contributed by atoms with Gasteiger partial charge in [0.2, 0.25) is 0 Å². The van der Waals surface area contributed by atoms with Gasteiger partial charge in [-0.1, -0.05) is 5.16 Å². The highest BCUT2D eigenvalue weighted by Crippen LogP contribution is 2.40. The Labute approximate surface area is 283 Å². The highest BCUT2D eigenvalue weighted by Gasteiger charge is 2.54. The predicted molar refractivity (Wildman–Crippen MR) is 154 cm³/mol. The number of carboxylic acids is 3. The van der Waals surface area contributed by atoms with Crippen LogP contribution in [0.5, 0.6) is 0 Å². The van der Waals surface area contributed by atoms with Crippen LogP contribution in [0.15, 0.2) is 21.8 Å². The van der Waals surface area contributed by atoms with Crippen molar-refractivity contribution in [2.75, 3.05) is 25.2 Å². The molecule has 2 aromatic rings. The fourth-order valence-electron chi connectivity index (χ4n) is 4.36. The monoisotopic (exact) mass is 763 g/mol. The van der Waals surface area contributed by atoms with E-state index in [-0.39, 0.29) is 28.8 Å². The summed E-state index contributed by atoms with van der Waals surface area (Å²) in [5.74, 6) is -5.98. The number of nitrogen functional groups attached to an aromatic ring is 1. The Morgan fingerprint density at radius 3 is 2.26 bits per heavy atom. The van der Waals surface area contributed by atoms with Crippen LogP contribution >= 0.6 is 23.1 Å². The summed E-state index contributed by atoms with van der Waals surface area (Å²) in [6.45, 7) is 3.68. The van der Waals surface area contributed by atoms with E-state index < -0.39 is 53.5 Å². The molecule has 5 heterocycles. The first-order valence-electron chi connectivity index (χ1n) is 13.4. The van der Waals surface area contributed by atoms with Crippen LogP contribution in [0.3, 0.4) is 0 Å². The third kappa shape index (κ3) is 9.17. The molecule has 0 spiro atoms. The first kappa shape index (κ1) is 39.5. The van der Waals surface area contributed by atoms with Crippen LogP contribution in [0.4, 0.5) is 31.5 Å². The van der Waals surface area contributed by atoms with Crippen LogP contribution in [0.25, 0.3) is 0 Å². The Hall–Kier alpha value is -4.98. The minimum absolute atomic E-state index is 0.0733. The molecule has 3 aliphatic heterocycles. The van der Waals surface area contributed by atoms with Crippen molar-refractivity contribution in [1.82, 2.24) is 25.0 Å². The number of carboxylic acid groups (broad SMARTS) is 3. The van der Waals surface area contributed by atoms with Gasteiger partial charge in [-0.3, -0.25) is 14.5 Å². The van der Waals surface area contributed by atoms with E-state index in [1.54, 1.807) is 5.38 Å². The summed E-state index contributed by atoms with van der Waals surface area (Å²) in [5.41, 5.74) is 6.24. The zero-order valence-electron chi connectivity index (χ0n) is 25.3. The number of β-lactam (4-membered cyclic amide) rings is 1. The summed E-state index contributed by atoms with van der Waals surface area (Å²) >= 11 is 2.51. The lowest BCUT2D eigenvalue weighted by molar-refractivity contribution is -0.705. The Balaban J connectivity index is 0.000000408. The molecule has 18 nitrogen and oxygen atoms in total. The second kappa shape index (κ2) is 15.7. The smallest absolute Gasteiger partial charge is 0.477 e. The number of rotatable bonds is 7.